The van der Waals surface area contributed by atoms with E-state index in [0.717, 1.165) is 5.56 Å². The fraction of sp³-hybridized carbons (Fsp3) is 0.324. The molecule has 7 rings (SSSR count). The van der Waals surface area contributed by atoms with Crippen LogP contribution in [0, 0.1) is 27.7 Å². The number of aliphatic hydroxyl groups excluding tert-OH is 5. The van der Waals surface area contributed by atoms with Crippen molar-refractivity contribution in [2.24, 2.45) is 0 Å². The van der Waals surface area contributed by atoms with Gasteiger partial charge in [0.05, 0.1) is 122 Å². The zero-order valence-electron chi connectivity index (χ0n) is 61.1. The van der Waals surface area contributed by atoms with Gasteiger partial charge in [0, 0.05) is 54.7 Å². The Morgan fingerprint density at radius 1 is 0.415 bits per heavy atom. The second kappa shape index (κ2) is 52.6. The summed E-state index contributed by atoms with van der Waals surface area (Å²) < 4.78 is 59.9. The number of rotatable bonds is 23. The Bertz CT molecular complexity index is 3870. The maximum absolute atomic E-state index is 12.7. The van der Waals surface area contributed by atoms with Crippen molar-refractivity contribution < 1.29 is 137 Å². The van der Waals surface area contributed by atoms with E-state index in [-0.39, 0.29) is 98.3 Å². The van der Waals surface area contributed by atoms with Crippen LogP contribution in [0.15, 0.2) is 78.9 Å². The average molecular weight is 1700 g/mol. The standard InChI is InChI=1S/C21H24O7.C11H14O4.C10H12O4.C9H10O4.2C9H12O3.C4H6O3.CH4.Al.3BrH/c1-12-14(11-22)10-16(25-2)19(20(12)24)15(23)7-6-13-8-17(26-3)21(28-5)18(9-13)27-4;1-7-10(15-2)5-8(6-13)9(3-4-12)11(7)14;1-13-9-3-7(5-11)4-10(14-2)8(9)6-12;1-13-9-3-6(4-10)2-8(12)7(9)5-11;1-6-8(10)4-7(11-2)5-9(6)12-3;1-6-8(11)3-7(5-10)4-9(6)12-2;1-3(5)7-4(2)6;;;;;/h6-10,22,24H,11H2,1-5H3;4-5,13-14H,3,6H2,1-2H3;3-4,6,11H,5H2,1-2H3;2-3,5,10,12H,4H2,1H3;4-5,10H,1-3H3;3-4,10-11H,5H2,1-2H3;1-2H3;1H4;;3*1H/q;;;;;;;;+3;;;/p-3. The molecule has 0 aliphatic carbocycles. The normalized spacial score (nSPS) is 9.71. The molecule has 7 aromatic rings. The van der Waals surface area contributed by atoms with Crippen LogP contribution in [0.4, 0.5) is 0 Å². The first-order chi connectivity index (χ1) is 49.8. The van der Waals surface area contributed by atoms with Crippen LogP contribution in [0.3, 0.4) is 0 Å². The lowest BCUT2D eigenvalue weighted by Gasteiger charge is -2.14. The summed E-state index contributed by atoms with van der Waals surface area (Å²) in [4.78, 5) is 64.0. The number of hydrogen-bond acceptors (Lipinski definition) is 28. The molecule has 32 heteroatoms. The number of halogens is 3. The van der Waals surface area contributed by atoms with E-state index in [2.05, 4.69) is 46.9 Å². The van der Waals surface area contributed by atoms with Crippen LogP contribution in [0.5, 0.6) is 92.0 Å². The van der Waals surface area contributed by atoms with Gasteiger partial charge in [-0.25, -0.2) is 0 Å². The van der Waals surface area contributed by atoms with Crippen LogP contribution in [-0.2, 0) is 58.6 Å². The van der Waals surface area contributed by atoms with E-state index in [9.17, 15) is 59.4 Å². The van der Waals surface area contributed by atoms with Crippen LogP contribution in [0.25, 0.3) is 6.08 Å². The maximum Gasteiger partial charge on any atom is 0.542 e. The molecule has 0 aromatic heterocycles. The van der Waals surface area contributed by atoms with E-state index in [1.807, 2.05) is 0 Å². The van der Waals surface area contributed by atoms with E-state index in [1.165, 1.54) is 108 Å². The number of benzene rings is 7. The zero-order valence-corrected chi connectivity index (χ0v) is 67.0. The van der Waals surface area contributed by atoms with Gasteiger partial charge >= 0.3 is 20.6 Å². The van der Waals surface area contributed by atoms with Gasteiger partial charge < -0.3 is 113 Å². The second-order valence-corrected chi connectivity index (χ2v) is 40.5. The molecule has 0 bridgehead atoms. The quantitative estimate of drug-likeness (QED) is 0.00710. The summed E-state index contributed by atoms with van der Waals surface area (Å²) in [5, 5.41) is 93.3. The number of aldehydes is 3. The van der Waals surface area contributed by atoms with Gasteiger partial charge in [0.1, 0.15) is 86.6 Å². The van der Waals surface area contributed by atoms with E-state index < -0.39 is 26.4 Å². The number of carbonyl (C=O) groups excluding carboxylic acids is 6. The van der Waals surface area contributed by atoms with Crippen molar-refractivity contribution in [3.8, 4) is 92.0 Å². The molecular weight excluding hydrogens is 1600 g/mol. The lowest BCUT2D eigenvalue weighted by Crippen LogP contribution is -2.03. The molecule has 0 saturated carbocycles. The molecule has 106 heavy (non-hydrogen) atoms. The SMILES string of the molecule is C.CC(=O)OC(C)=O.COc1cc(C=CC(=O)c2c(OC)cc(CO)c(C)c2O)cc(OC)c1OC.COc1cc(CO)c(CC=O)c(O)c1C.COc1cc(CO)cc(O)c1C.COc1cc(CO)cc(O)c1C=O.COc1cc(CO)cc(OC)c1C=O.COc1cc(O)c(C)c(OC)c1.[Br][Al]([Br])[Br]. The van der Waals surface area contributed by atoms with Crippen LogP contribution < -0.4 is 52.1 Å². The number of carbonyl (C=O) groups is 6. The minimum Gasteiger partial charge on any atom is -0.508 e. The first kappa shape index (κ1) is 98.7. The highest BCUT2D eigenvalue weighted by atomic mass is 80.0. The maximum atomic E-state index is 12.7. The molecule has 0 atom stereocenters. The van der Waals surface area contributed by atoms with Gasteiger partial charge in [-0.05, 0) is 133 Å². The molecular formula is C74H94AlBr3O28. The summed E-state index contributed by atoms with van der Waals surface area (Å²) >= 11 is 9.73. The van der Waals surface area contributed by atoms with Crippen molar-refractivity contribution in [3.63, 3.8) is 0 Å². The van der Waals surface area contributed by atoms with E-state index in [0.29, 0.717) is 132 Å². The third-order valence-electron chi connectivity index (χ3n) is 14.2. The third kappa shape index (κ3) is 31.4. The van der Waals surface area contributed by atoms with Crippen LogP contribution in [0.1, 0.15) is 114 Å². The van der Waals surface area contributed by atoms with Gasteiger partial charge in [0.25, 0.3) is 0 Å². The lowest BCUT2D eigenvalue weighted by molar-refractivity contribution is -0.156. The summed E-state index contributed by atoms with van der Waals surface area (Å²) in [6.45, 7) is 8.31. The molecule has 0 heterocycles. The number of aromatic hydroxyl groups is 5. The second-order valence-electron chi connectivity index (χ2n) is 20.7. The number of phenols is 5. The average Bonchev–Trinajstić information content (AvgIpc) is 0.809. The first-order valence-electron chi connectivity index (χ1n) is 30.5. The Kier molecular flexibility index (Phi) is 49.0. The Labute approximate surface area is 641 Å². The van der Waals surface area contributed by atoms with Gasteiger partial charge in [0.15, 0.2) is 29.9 Å². The number of allylic oxidation sites excluding steroid dienone is 1. The molecule has 0 radical (unpaired) electrons. The molecule has 0 fully saturated rings. The molecule has 0 unspecified atom stereocenters. The van der Waals surface area contributed by atoms with Crippen LogP contribution in [-0.4, -0.2) is 175 Å². The molecule has 0 amide bonds. The van der Waals surface area contributed by atoms with Crippen molar-refractivity contribution in [2.75, 3.05) is 78.2 Å². The lowest BCUT2D eigenvalue weighted by atomic mass is 9.99. The largest absolute Gasteiger partial charge is 0.542 e. The minimum atomic E-state index is -0.701. The number of methoxy groups -OCH3 is 11. The van der Waals surface area contributed by atoms with Crippen molar-refractivity contribution in [1.29, 1.82) is 0 Å². The highest BCUT2D eigenvalue weighted by Crippen LogP contribution is 2.40. The molecule has 0 saturated heterocycles. The molecule has 28 nitrogen and oxygen atoms in total. The third-order valence-corrected chi connectivity index (χ3v) is 14.2. The van der Waals surface area contributed by atoms with E-state index >= 15 is 0 Å². The number of ketones is 1. The van der Waals surface area contributed by atoms with Crippen LogP contribution >= 0.6 is 42.2 Å². The number of ether oxygens (including phenoxy) is 12. The Hall–Kier alpha value is -9.33. The van der Waals surface area contributed by atoms with Crippen molar-refractivity contribution in [3.05, 3.63) is 157 Å². The smallest absolute Gasteiger partial charge is 0.508 e. The highest BCUT2D eigenvalue weighted by molar-refractivity contribution is 9.69. The predicted octanol–water partition coefficient (Wildman–Crippen LogP) is 11.6. The number of hydrogen-bond donors (Lipinski definition) is 10. The molecule has 10 N–H and O–H groups in total. The van der Waals surface area contributed by atoms with Crippen molar-refractivity contribution in [2.45, 2.75) is 88.4 Å². The van der Waals surface area contributed by atoms with Gasteiger partial charge in [-0.2, -0.15) is 42.2 Å². The molecule has 0 spiro atoms. The van der Waals surface area contributed by atoms with Crippen molar-refractivity contribution >= 4 is 93.5 Å². The topological polar surface area (TPSA) is 415 Å². The minimum absolute atomic E-state index is 0. The molecule has 582 valence electrons. The summed E-state index contributed by atoms with van der Waals surface area (Å²) in [6.07, 6.45) is 4.85. The number of aliphatic hydroxyl groups is 5. The van der Waals surface area contributed by atoms with E-state index in [4.69, 9.17) is 72.5 Å². The monoisotopic (exact) mass is 1690 g/mol. The van der Waals surface area contributed by atoms with Crippen molar-refractivity contribution in [1.82, 2.24) is 0 Å². The number of esters is 2. The summed E-state index contributed by atoms with van der Waals surface area (Å²) in [6, 6.07) is 19.1. The molecule has 0 aliphatic rings. The van der Waals surface area contributed by atoms with Gasteiger partial charge in [-0.15, -0.1) is 0 Å². The Balaban J connectivity index is 0. The fourth-order valence-electron chi connectivity index (χ4n) is 8.78. The highest BCUT2D eigenvalue weighted by Gasteiger charge is 2.22. The van der Waals surface area contributed by atoms with E-state index in [1.54, 1.807) is 96.5 Å². The zero-order chi connectivity index (χ0) is 80.4. The summed E-state index contributed by atoms with van der Waals surface area (Å²) in [7, 11) is 15.6. The summed E-state index contributed by atoms with van der Waals surface area (Å²) in [5.41, 5.74) is 6.79. The molecule has 0 aliphatic heterocycles. The molecule has 7 aromatic carbocycles. The van der Waals surface area contributed by atoms with Crippen LogP contribution in [0.2, 0.25) is 0 Å². The summed E-state index contributed by atoms with van der Waals surface area (Å²) in [5.74, 6) is 3.33. The van der Waals surface area contributed by atoms with Gasteiger partial charge in [-0.3, -0.25) is 24.0 Å². The van der Waals surface area contributed by atoms with Gasteiger partial charge in [-0.1, -0.05) is 13.5 Å². The van der Waals surface area contributed by atoms with Gasteiger partial charge in [0.2, 0.25) is 5.75 Å². The predicted molar refractivity (Wildman–Crippen MR) is 410 cm³/mol. The Morgan fingerprint density at radius 3 is 1.16 bits per heavy atom. The first-order valence-corrected chi connectivity index (χ1v) is 40.1. The Morgan fingerprint density at radius 2 is 0.792 bits per heavy atom. The fourth-order valence-corrected chi connectivity index (χ4v) is 8.78. The number of phenolic OH excluding ortho intramolecular Hbond substituents is 5.